The first-order valence-electron chi connectivity index (χ1n) is 7.38. The van der Waals surface area contributed by atoms with Crippen LogP contribution in [0.4, 0.5) is 0 Å². The molecule has 96 valence electrons. The highest BCUT2D eigenvalue weighted by atomic mass is 14.7. The van der Waals surface area contributed by atoms with E-state index in [0.29, 0.717) is 11.5 Å². The van der Waals surface area contributed by atoms with Gasteiger partial charge in [-0.15, -0.1) is 0 Å². The fourth-order valence-electron chi connectivity index (χ4n) is 3.18. The van der Waals surface area contributed by atoms with Gasteiger partial charge in [-0.25, -0.2) is 0 Å². The maximum Gasteiger partial charge on any atom is 0.00955 e. The van der Waals surface area contributed by atoms with Crippen molar-refractivity contribution in [1.29, 1.82) is 0 Å². The molecule has 1 aliphatic carbocycles. The van der Waals surface area contributed by atoms with Gasteiger partial charge in [0, 0.05) is 6.04 Å². The lowest BCUT2D eigenvalue weighted by Gasteiger charge is -2.33. The van der Waals surface area contributed by atoms with Crippen LogP contribution in [0.1, 0.15) is 78.6 Å². The van der Waals surface area contributed by atoms with Gasteiger partial charge >= 0.3 is 0 Å². The molecular formula is C15H31N. The van der Waals surface area contributed by atoms with Gasteiger partial charge in [0.1, 0.15) is 0 Å². The molecule has 0 amide bonds. The average molecular weight is 225 g/mol. The van der Waals surface area contributed by atoms with Gasteiger partial charge in [0.25, 0.3) is 0 Å². The van der Waals surface area contributed by atoms with E-state index in [1.165, 1.54) is 57.8 Å². The molecule has 1 heteroatoms. The molecule has 0 radical (unpaired) electrons. The van der Waals surface area contributed by atoms with E-state index in [2.05, 4.69) is 20.8 Å². The van der Waals surface area contributed by atoms with E-state index in [0.717, 1.165) is 5.92 Å². The van der Waals surface area contributed by atoms with Crippen LogP contribution in [-0.2, 0) is 0 Å². The van der Waals surface area contributed by atoms with Gasteiger partial charge in [0.2, 0.25) is 0 Å². The monoisotopic (exact) mass is 225 g/mol. The third-order valence-corrected chi connectivity index (χ3v) is 4.77. The smallest absolute Gasteiger partial charge is 0.00955 e. The second kappa shape index (κ2) is 6.64. The molecule has 2 atom stereocenters. The number of nitrogens with two attached hydrogens (primary N) is 1. The van der Waals surface area contributed by atoms with Gasteiger partial charge in [-0.3, -0.25) is 0 Å². The highest BCUT2D eigenvalue weighted by Crippen LogP contribution is 2.42. The SMILES string of the molecule is CCCCC(CC)CC(N)C1(C)CCCC1. The summed E-state index contributed by atoms with van der Waals surface area (Å²) in [7, 11) is 0. The largest absolute Gasteiger partial charge is 0.327 e. The van der Waals surface area contributed by atoms with E-state index in [1.807, 2.05) is 0 Å². The van der Waals surface area contributed by atoms with Gasteiger partial charge in [-0.05, 0) is 30.6 Å². The van der Waals surface area contributed by atoms with E-state index in [9.17, 15) is 0 Å². The van der Waals surface area contributed by atoms with Crippen LogP contribution in [-0.4, -0.2) is 6.04 Å². The summed E-state index contributed by atoms with van der Waals surface area (Å²) in [5, 5.41) is 0. The summed E-state index contributed by atoms with van der Waals surface area (Å²) in [6.07, 6.45) is 12.2. The van der Waals surface area contributed by atoms with Crippen LogP contribution in [0.2, 0.25) is 0 Å². The van der Waals surface area contributed by atoms with E-state index in [4.69, 9.17) is 5.73 Å². The Morgan fingerprint density at radius 2 is 1.81 bits per heavy atom. The van der Waals surface area contributed by atoms with Gasteiger partial charge in [0.15, 0.2) is 0 Å². The number of unbranched alkanes of at least 4 members (excludes halogenated alkanes) is 1. The Hall–Kier alpha value is -0.0400. The van der Waals surface area contributed by atoms with Crippen molar-refractivity contribution in [2.45, 2.75) is 84.6 Å². The van der Waals surface area contributed by atoms with Gasteiger partial charge < -0.3 is 5.73 Å². The van der Waals surface area contributed by atoms with Crippen molar-refractivity contribution in [3.05, 3.63) is 0 Å². The summed E-state index contributed by atoms with van der Waals surface area (Å²) in [6.45, 7) is 7.02. The van der Waals surface area contributed by atoms with Crippen molar-refractivity contribution < 1.29 is 0 Å². The number of rotatable bonds is 7. The van der Waals surface area contributed by atoms with E-state index in [-0.39, 0.29) is 0 Å². The minimum atomic E-state index is 0.441. The van der Waals surface area contributed by atoms with Crippen LogP contribution >= 0.6 is 0 Å². The average Bonchev–Trinajstić information content (AvgIpc) is 2.72. The van der Waals surface area contributed by atoms with Crippen LogP contribution in [0.5, 0.6) is 0 Å². The molecule has 0 aromatic carbocycles. The Labute approximate surface area is 102 Å². The first kappa shape index (κ1) is 14.0. The lowest BCUT2D eigenvalue weighted by molar-refractivity contribution is 0.217. The normalized spacial score (nSPS) is 23.2. The predicted octanol–water partition coefficient (Wildman–Crippen LogP) is 4.50. The second-order valence-electron chi connectivity index (χ2n) is 6.12. The molecular weight excluding hydrogens is 194 g/mol. The van der Waals surface area contributed by atoms with E-state index in [1.54, 1.807) is 0 Å². The summed E-state index contributed by atoms with van der Waals surface area (Å²) in [4.78, 5) is 0. The van der Waals surface area contributed by atoms with Crippen LogP contribution in [0.3, 0.4) is 0 Å². The third-order valence-electron chi connectivity index (χ3n) is 4.77. The lowest BCUT2D eigenvalue weighted by atomic mass is 9.76. The fourth-order valence-corrected chi connectivity index (χ4v) is 3.18. The zero-order valence-electron chi connectivity index (χ0n) is 11.6. The quantitative estimate of drug-likeness (QED) is 0.678. The molecule has 0 aromatic rings. The van der Waals surface area contributed by atoms with E-state index < -0.39 is 0 Å². The molecule has 0 aliphatic heterocycles. The molecule has 0 saturated heterocycles. The summed E-state index contributed by atoms with van der Waals surface area (Å²) in [6, 6.07) is 0.441. The summed E-state index contributed by atoms with van der Waals surface area (Å²) >= 11 is 0. The van der Waals surface area contributed by atoms with Crippen molar-refractivity contribution in [3.63, 3.8) is 0 Å². The molecule has 2 unspecified atom stereocenters. The second-order valence-corrected chi connectivity index (χ2v) is 6.12. The van der Waals surface area contributed by atoms with Crippen molar-refractivity contribution >= 4 is 0 Å². The van der Waals surface area contributed by atoms with E-state index >= 15 is 0 Å². The highest BCUT2D eigenvalue weighted by molar-refractivity contribution is 4.90. The standard InChI is InChI=1S/C15H31N/c1-4-6-9-13(5-2)12-14(16)15(3)10-7-8-11-15/h13-14H,4-12,16H2,1-3H3. The molecule has 0 aromatic heterocycles. The van der Waals surface area contributed by atoms with Crippen molar-refractivity contribution in [2.24, 2.45) is 17.1 Å². The van der Waals surface area contributed by atoms with Gasteiger partial charge in [-0.2, -0.15) is 0 Å². The third kappa shape index (κ3) is 3.76. The Morgan fingerprint density at radius 3 is 2.31 bits per heavy atom. The molecule has 2 N–H and O–H groups in total. The lowest BCUT2D eigenvalue weighted by Crippen LogP contribution is -2.39. The molecule has 1 rings (SSSR count). The van der Waals surface area contributed by atoms with Gasteiger partial charge in [-0.1, -0.05) is 59.3 Å². The minimum Gasteiger partial charge on any atom is -0.327 e. The zero-order chi connectivity index (χ0) is 12.0. The van der Waals surface area contributed by atoms with Crippen LogP contribution in [0.15, 0.2) is 0 Å². The maximum atomic E-state index is 6.46. The molecule has 16 heavy (non-hydrogen) atoms. The molecule has 1 nitrogen and oxygen atoms in total. The Balaban J connectivity index is 2.38. The first-order valence-corrected chi connectivity index (χ1v) is 7.38. The van der Waals surface area contributed by atoms with Gasteiger partial charge in [0.05, 0.1) is 0 Å². The molecule has 1 aliphatic rings. The fraction of sp³-hybridized carbons (Fsp3) is 1.00. The number of hydrogen-bond donors (Lipinski definition) is 1. The topological polar surface area (TPSA) is 26.0 Å². The summed E-state index contributed by atoms with van der Waals surface area (Å²) < 4.78 is 0. The van der Waals surface area contributed by atoms with Crippen LogP contribution < -0.4 is 5.73 Å². The Kier molecular flexibility index (Phi) is 5.82. The highest BCUT2D eigenvalue weighted by Gasteiger charge is 2.35. The minimum absolute atomic E-state index is 0.441. The summed E-state index contributed by atoms with van der Waals surface area (Å²) in [5.74, 6) is 0.868. The van der Waals surface area contributed by atoms with Crippen molar-refractivity contribution in [3.8, 4) is 0 Å². The predicted molar refractivity (Wildman–Crippen MR) is 72.5 cm³/mol. The Morgan fingerprint density at radius 1 is 1.19 bits per heavy atom. The molecule has 0 heterocycles. The van der Waals surface area contributed by atoms with Crippen LogP contribution in [0, 0.1) is 11.3 Å². The molecule has 0 bridgehead atoms. The van der Waals surface area contributed by atoms with Crippen molar-refractivity contribution in [2.75, 3.05) is 0 Å². The molecule has 1 fully saturated rings. The van der Waals surface area contributed by atoms with Crippen molar-refractivity contribution in [1.82, 2.24) is 0 Å². The Bertz CT molecular complexity index is 182. The molecule has 1 saturated carbocycles. The maximum absolute atomic E-state index is 6.46. The summed E-state index contributed by atoms with van der Waals surface area (Å²) in [5.41, 5.74) is 6.92. The first-order chi connectivity index (χ1) is 7.62. The number of hydrogen-bond acceptors (Lipinski definition) is 1. The van der Waals surface area contributed by atoms with Crippen LogP contribution in [0.25, 0.3) is 0 Å². The zero-order valence-corrected chi connectivity index (χ0v) is 11.6. The molecule has 0 spiro atoms.